The molecule has 3 rings (SSSR count). The molecule has 5 nitrogen and oxygen atoms in total. The Labute approximate surface area is 165 Å². The summed E-state index contributed by atoms with van der Waals surface area (Å²) in [5.41, 5.74) is 2.56. The van der Waals surface area contributed by atoms with E-state index in [0.29, 0.717) is 5.57 Å². The highest BCUT2D eigenvalue weighted by atomic mass is 32.2. The largest absolute Gasteiger partial charge is 0.478 e. The monoisotopic (exact) mass is 388 g/mol. The summed E-state index contributed by atoms with van der Waals surface area (Å²) in [4.78, 5) is 16.7. The van der Waals surface area contributed by atoms with Gasteiger partial charge in [0.25, 0.3) is 0 Å². The first-order chi connectivity index (χ1) is 13.1. The van der Waals surface area contributed by atoms with E-state index in [4.69, 9.17) is 4.74 Å². The summed E-state index contributed by atoms with van der Waals surface area (Å²) >= 11 is 1.63. The van der Waals surface area contributed by atoms with Crippen LogP contribution in [0.2, 0.25) is 0 Å². The van der Waals surface area contributed by atoms with Crippen LogP contribution in [-0.2, 0) is 16.0 Å². The molecule has 0 saturated carbocycles. The highest BCUT2D eigenvalue weighted by molar-refractivity contribution is 8.03. The molecule has 27 heavy (non-hydrogen) atoms. The first-order valence-corrected chi connectivity index (χ1v) is 10.5. The number of morpholine rings is 1. The number of aliphatic carboxylic acids is 1. The van der Waals surface area contributed by atoms with Crippen molar-refractivity contribution in [2.45, 2.75) is 26.4 Å². The molecule has 1 aromatic carbocycles. The molecule has 1 saturated heterocycles. The van der Waals surface area contributed by atoms with Crippen LogP contribution in [0, 0.1) is 0 Å². The van der Waals surface area contributed by atoms with Crippen molar-refractivity contribution in [2.75, 3.05) is 38.6 Å². The average molecular weight is 389 g/mol. The topological polar surface area (TPSA) is 53.0 Å². The summed E-state index contributed by atoms with van der Waals surface area (Å²) in [7, 11) is 0. The predicted octanol–water partition coefficient (Wildman–Crippen LogP) is 3.20. The molecule has 1 N–H and O–H groups in total. The molecule has 0 spiro atoms. The lowest BCUT2D eigenvalue weighted by Crippen LogP contribution is -2.53. The number of carbonyl (C=O) groups is 1. The van der Waals surface area contributed by atoms with Crippen molar-refractivity contribution < 1.29 is 14.6 Å². The SMILES string of the molecule is CCSC1=C(C(=O)O)C(C)=CC(N2CCOCC2)N1CCc1ccccc1. The van der Waals surface area contributed by atoms with Crippen molar-refractivity contribution in [2.24, 2.45) is 0 Å². The third-order valence-electron chi connectivity index (χ3n) is 4.99. The average Bonchev–Trinajstić information content (AvgIpc) is 2.68. The van der Waals surface area contributed by atoms with E-state index in [1.54, 1.807) is 11.8 Å². The third-order valence-corrected chi connectivity index (χ3v) is 5.99. The van der Waals surface area contributed by atoms with E-state index < -0.39 is 5.97 Å². The molecule has 146 valence electrons. The van der Waals surface area contributed by atoms with Crippen molar-refractivity contribution in [3.05, 3.63) is 58.1 Å². The minimum absolute atomic E-state index is 0.0785. The number of carboxylic acids is 1. The fourth-order valence-electron chi connectivity index (χ4n) is 3.65. The number of thioether (sulfide) groups is 1. The summed E-state index contributed by atoms with van der Waals surface area (Å²) in [5, 5.41) is 10.7. The first-order valence-electron chi connectivity index (χ1n) is 9.53. The molecule has 0 radical (unpaired) electrons. The number of hydrogen-bond donors (Lipinski definition) is 1. The van der Waals surface area contributed by atoms with E-state index in [0.717, 1.165) is 55.6 Å². The molecule has 2 aliphatic heterocycles. The smallest absolute Gasteiger partial charge is 0.338 e. The summed E-state index contributed by atoms with van der Waals surface area (Å²) in [6, 6.07) is 10.4. The lowest BCUT2D eigenvalue weighted by atomic mass is 10.0. The number of rotatable bonds is 7. The Bertz CT molecular complexity index is 711. The highest BCUT2D eigenvalue weighted by Crippen LogP contribution is 2.36. The molecule has 1 unspecified atom stereocenters. The standard InChI is InChI=1S/C21H28N2O3S/c1-3-27-20-19(21(24)25)16(2)15-18(22-11-13-26-14-12-22)23(20)10-9-17-7-5-4-6-8-17/h4-8,15,18H,3,9-14H2,1-2H3,(H,24,25). The maximum Gasteiger partial charge on any atom is 0.338 e. The number of nitrogens with zero attached hydrogens (tertiary/aromatic N) is 2. The third kappa shape index (κ3) is 4.75. The van der Waals surface area contributed by atoms with Crippen LogP contribution in [0.15, 0.2) is 52.6 Å². The maximum atomic E-state index is 12.0. The molecular formula is C21H28N2O3S. The number of carboxylic acid groups (broad SMARTS) is 1. The van der Waals surface area contributed by atoms with Gasteiger partial charge in [0.05, 0.1) is 23.8 Å². The fourth-order valence-corrected chi connectivity index (χ4v) is 4.69. The maximum absolute atomic E-state index is 12.0. The summed E-state index contributed by atoms with van der Waals surface area (Å²) in [6.45, 7) is 7.95. The van der Waals surface area contributed by atoms with E-state index in [2.05, 4.69) is 47.1 Å². The Morgan fingerprint density at radius 1 is 1.26 bits per heavy atom. The van der Waals surface area contributed by atoms with Gasteiger partial charge in [0.1, 0.15) is 6.17 Å². The summed E-state index contributed by atoms with van der Waals surface area (Å²) in [5.74, 6) is 0.00156. The van der Waals surface area contributed by atoms with Gasteiger partial charge >= 0.3 is 5.97 Å². The Morgan fingerprint density at radius 3 is 2.59 bits per heavy atom. The minimum atomic E-state index is -0.843. The molecule has 0 amide bonds. The van der Waals surface area contributed by atoms with Gasteiger partial charge in [-0.15, -0.1) is 11.8 Å². The van der Waals surface area contributed by atoms with Gasteiger partial charge in [-0.05, 0) is 36.3 Å². The lowest BCUT2D eigenvalue weighted by Gasteiger charge is -2.44. The van der Waals surface area contributed by atoms with E-state index in [9.17, 15) is 9.90 Å². The fraction of sp³-hybridized carbons (Fsp3) is 0.476. The molecule has 0 bridgehead atoms. The van der Waals surface area contributed by atoms with Gasteiger partial charge in [-0.2, -0.15) is 0 Å². The Hall–Kier alpha value is -1.76. The molecule has 1 atom stereocenters. The normalized spacial score (nSPS) is 21.3. The van der Waals surface area contributed by atoms with Gasteiger partial charge in [0, 0.05) is 19.6 Å². The van der Waals surface area contributed by atoms with E-state index >= 15 is 0 Å². The summed E-state index contributed by atoms with van der Waals surface area (Å²) in [6.07, 6.45) is 3.07. The molecule has 2 aliphatic rings. The van der Waals surface area contributed by atoms with Gasteiger partial charge in [-0.3, -0.25) is 4.90 Å². The van der Waals surface area contributed by atoms with Gasteiger partial charge in [0.2, 0.25) is 0 Å². The van der Waals surface area contributed by atoms with Gasteiger partial charge in [0.15, 0.2) is 0 Å². The van der Waals surface area contributed by atoms with Crippen LogP contribution in [0.5, 0.6) is 0 Å². The minimum Gasteiger partial charge on any atom is -0.478 e. The van der Waals surface area contributed by atoms with E-state index in [1.807, 2.05) is 13.0 Å². The van der Waals surface area contributed by atoms with Crippen LogP contribution < -0.4 is 0 Å². The number of ether oxygens (including phenoxy) is 1. The predicted molar refractivity (Wildman–Crippen MR) is 110 cm³/mol. The van der Waals surface area contributed by atoms with Crippen molar-refractivity contribution in [3.8, 4) is 0 Å². The van der Waals surface area contributed by atoms with Gasteiger partial charge in [-0.1, -0.05) is 37.3 Å². The van der Waals surface area contributed by atoms with Crippen molar-refractivity contribution in [3.63, 3.8) is 0 Å². The van der Waals surface area contributed by atoms with Crippen molar-refractivity contribution in [1.29, 1.82) is 0 Å². The Balaban J connectivity index is 1.92. The molecular weight excluding hydrogens is 360 g/mol. The zero-order valence-corrected chi connectivity index (χ0v) is 16.9. The van der Waals surface area contributed by atoms with Crippen LogP contribution in [0.25, 0.3) is 0 Å². The van der Waals surface area contributed by atoms with E-state index in [1.165, 1.54) is 5.56 Å². The van der Waals surface area contributed by atoms with Crippen molar-refractivity contribution in [1.82, 2.24) is 9.80 Å². The highest BCUT2D eigenvalue weighted by Gasteiger charge is 2.34. The second-order valence-corrected chi connectivity index (χ2v) is 8.01. The second kappa shape index (κ2) is 9.44. The second-order valence-electron chi connectivity index (χ2n) is 6.76. The zero-order valence-electron chi connectivity index (χ0n) is 16.1. The Morgan fingerprint density at radius 2 is 1.96 bits per heavy atom. The van der Waals surface area contributed by atoms with Crippen LogP contribution in [0.3, 0.4) is 0 Å². The van der Waals surface area contributed by atoms with E-state index in [-0.39, 0.29) is 6.17 Å². The first kappa shape index (κ1) is 20.0. The van der Waals surface area contributed by atoms with Gasteiger partial charge in [-0.25, -0.2) is 4.79 Å². The quantitative estimate of drug-likeness (QED) is 0.774. The summed E-state index contributed by atoms with van der Waals surface area (Å²) < 4.78 is 5.52. The number of benzene rings is 1. The molecule has 1 fully saturated rings. The van der Waals surface area contributed by atoms with Crippen molar-refractivity contribution >= 4 is 17.7 Å². The molecule has 0 aromatic heterocycles. The molecule has 1 aromatic rings. The van der Waals surface area contributed by atoms with Crippen LogP contribution in [0.4, 0.5) is 0 Å². The Kier molecular flexibility index (Phi) is 6.99. The van der Waals surface area contributed by atoms with Crippen LogP contribution in [-0.4, -0.2) is 65.6 Å². The lowest BCUT2D eigenvalue weighted by molar-refractivity contribution is -0.132. The zero-order chi connectivity index (χ0) is 19.2. The van der Waals surface area contributed by atoms with Crippen LogP contribution >= 0.6 is 11.8 Å². The number of hydrogen-bond acceptors (Lipinski definition) is 5. The van der Waals surface area contributed by atoms with Gasteiger partial charge < -0.3 is 14.7 Å². The molecule has 2 heterocycles. The van der Waals surface area contributed by atoms with Crippen LogP contribution in [0.1, 0.15) is 19.4 Å². The molecule has 0 aliphatic carbocycles. The molecule has 6 heteroatoms.